The second kappa shape index (κ2) is 7.85. The third-order valence-electron chi connectivity index (χ3n) is 4.29. The van der Waals surface area contributed by atoms with E-state index in [2.05, 4.69) is 15.3 Å². The van der Waals surface area contributed by atoms with Crippen LogP contribution in [0.2, 0.25) is 0 Å². The zero-order chi connectivity index (χ0) is 16.9. The molecule has 0 aromatic carbocycles. The van der Waals surface area contributed by atoms with E-state index in [-0.39, 0.29) is 18.1 Å². The van der Waals surface area contributed by atoms with Gasteiger partial charge in [-0.25, -0.2) is 9.97 Å². The molecule has 2 heterocycles. The molecule has 0 bridgehead atoms. The van der Waals surface area contributed by atoms with Crippen LogP contribution >= 0.6 is 0 Å². The van der Waals surface area contributed by atoms with Crippen molar-refractivity contribution in [3.05, 3.63) is 35.4 Å². The Labute approximate surface area is 142 Å². The molecule has 1 aliphatic carbocycles. The first-order valence-corrected chi connectivity index (χ1v) is 8.59. The fraction of sp³-hybridized carbons (Fsp3) is 0.611. The molecule has 1 saturated carbocycles. The van der Waals surface area contributed by atoms with E-state index in [1.165, 1.54) is 5.57 Å². The monoisotopic (exact) mass is 331 g/mol. The molecular formula is C18H25N3O3. The molecule has 2 fully saturated rings. The van der Waals surface area contributed by atoms with Crippen LogP contribution in [0.3, 0.4) is 0 Å². The van der Waals surface area contributed by atoms with Crippen molar-refractivity contribution in [2.75, 3.05) is 19.8 Å². The number of allylic oxidation sites excluding steroid dienone is 1. The predicted molar refractivity (Wildman–Crippen MR) is 89.9 cm³/mol. The summed E-state index contributed by atoms with van der Waals surface area (Å²) in [5.74, 6) is 1.15. The minimum atomic E-state index is -0.177. The van der Waals surface area contributed by atoms with Gasteiger partial charge in [0.2, 0.25) is 0 Å². The van der Waals surface area contributed by atoms with Crippen LogP contribution in [0.5, 0.6) is 0 Å². The van der Waals surface area contributed by atoms with Crippen molar-refractivity contribution in [1.82, 2.24) is 15.3 Å². The summed E-state index contributed by atoms with van der Waals surface area (Å²) >= 11 is 0. The normalized spacial score (nSPS) is 23.6. The molecule has 2 atom stereocenters. The number of nitrogens with one attached hydrogen (secondary N) is 1. The van der Waals surface area contributed by atoms with E-state index in [1.54, 1.807) is 12.4 Å². The molecule has 6 heteroatoms. The van der Waals surface area contributed by atoms with Crippen molar-refractivity contribution in [1.29, 1.82) is 0 Å². The molecule has 0 spiro atoms. The van der Waals surface area contributed by atoms with Crippen LogP contribution in [0.25, 0.3) is 0 Å². The fourth-order valence-electron chi connectivity index (χ4n) is 2.65. The maximum absolute atomic E-state index is 12.4. The number of amides is 1. The number of aromatic nitrogens is 2. The van der Waals surface area contributed by atoms with Gasteiger partial charge in [-0.1, -0.05) is 11.6 Å². The Bertz CT molecular complexity index is 592. The molecule has 0 radical (unpaired) electrons. The highest BCUT2D eigenvalue weighted by Gasteiger charge is 2.29. The maximum Gasteiger partial charge on any atom is 0.254 e. The second-order valence-electron chi connectivity index (χ2n) is 6.70. The first-order chi connectivity index (χ1) is 11.6. The van der Waals surface area contributed by atoms with Crippen LogP contribution in [-0.2, 0) is 9.47 Å². The van der Waals surface area contributed by atoms with Gasteiger partial charge in [-0.2, -0.15) is 0 Å². The standard InChI is InChI=1S/C18H25N3O3/c1-12(2)5-8-24-16-6-7-23-11-15(16)21-18(22)14-9-19-17(20-10-14)13-3-4-13/h5,9-10,13,15-16H,3-4,6-8,11H2,1-2H3,(H,21,22)/t15-,16+/m1/s1. The molecule has 1 amide bonds. The molecule has 1 aliphatic heterocycles. The van der Waals surface area contributed by atoms with Crippen LogP contribution in [0.4, 0.5) is 0 Å². The smallest absolute Gasteiger partial charge is 0.254 e. The largest absolute Gasteiger partial charge is 0.379 e. The molecule has 6 nitrogen and oxygen atoms in total. The third kappa shape index (κ3) is 4.61. The Morgan fingerprint density at radius 2 is 2.08 bits per heavy atom. The lowest BCUT2D eigenvalue weighted by molar-refractivity contribution is -0.0457. The Balaban J connectivity index is 1.57. The topological polar surface area (TPSA) is 73.3 Å². The van der Waals surface area contributed by atoms with Gasteiger partial charge in [-0.15, -0.1) is 0 Å². The number of rotatable bonds is 6. The highest BCUT2D eigenvalue weighted by atomic mass is 16.5. The summed E-state index contributed by atoms with van der Waals surface area (Å²) in [5, 5.41) is 3.00. The van der Waals surface area contributed by atoms with Crippen molar-refractivity contribution in [2.24, 2.45) is 0 Å². The molecular weight excluding hydrogens is 306 g/mol. The van der Waals surface area contributed by atoms with E-state index in [4.69, 9.17) is 9.47 Å². The second-order valence-corrected chi connectivity index (χ2v) is 6.70. The van der Waals surface area contributed by atoms with Crippen molar-refractivity contribution in [3.8, 4) is 0 Å². The summed E-state index contributed by atoms with van der Waals surface area (Å²) in [4.78, 5) is 21.0. The quantitative estimate of drug-likeness (QED) is 0.809. The van der Waals surface area contributed by atoms with Crippen molar-refractivity contribution in [2.45, 2.75) is 51.2 Å². The van der Waals surface area contributed by atoms with Gasteiger partial charge in [0.15, 0.2) is 0 Å². The highest BCUT2D eigenvalue weighted by molar-refractivity contribution is 5.93. The summed E-state index contributed by atoms with van der Waals surface area (Å²) in [6.45, 7) is 5.76. The van der Waals surface area contributed by atoms with Gasteiger partial charge in [-0.3, -0.25) is 4.79 Å². The van der Waals surface area contributed by atoms with E-state index in [9.17, 15) is 4.79 Å². The van der Waals surface area contributed by atoms with Gasteiger partial charge in [0.25, 0.3) is 5.91 Å². The predicted octanol–water partition coefficient (Wildman–Crippen LogP) is 2.22. The molecule has 1 aromatic heterocycles. The van der Waals surface area contributed by atoms with Crippen LogP contribution in [0.15, 0.2) is 24.0 Å². The number of carbonyl (C=O) groups excluding carboxylic acids is 1. The average molecular weight is 331 g/mol. The average Bonchev–Trinajstić information content (AvgIpc) is 3.41. The number of nitrogens with zero attached hydrogens (tertiary/aromatic N) is 2. The zero-order valence-electron chi connectivity index (χ0n) is 14.3. The molecule has 3 rings (SSSR count). The zero-order valence-corrected chi connectivity index (χ0v) is 14.3. The van der Waals surface area contributed by atoms with Crippen molar-refractivity contribution < 1.29 is 14.3 Å². The molecule has 0 unspecified atom stereocenters. The summed E-state index contributed by atoms with van der Waals surface area (Å²) < 4.78 is 11.4. The SMILES string of the molecule is CC(C)=CCO[C@H]1CCOC[C@H]1NC(=O)c1cnc(C2CC2)nc1. The Morgan fingerprint density at radius 1 is 1.33 bits per heavy atom. The van der Waals surface area contributed by atoms with E-state index in [1.807, 2.05) is 19.9 Å². The number of hydrogen-bond acceptors (Lipinski definition) is 5. The minimum absolute atomic E-state index is 0.0371. The number of carbonyl (C=O) groups is 1. The van der Waals surface area contributed by atoms with Gasteiger partial charge in [0, 0.05) is 24.9 Å². The summed E-state index contributed by atoms with van der Waals surface area (Å²) in [5.41, 5.74) is 1.70. The lowest BCUT2D eigenvalue weighted by Crippen LogP contribution is -2.50. The first kappa shape index (κ1) is 17.0. The highest BCUT2D eigenvalue weighted by Crippen LogP contribution is 2.37. The van der Waals surface area contributed by atoms with E-state index < -0.39 is 0 Å². The number of ether oxygens (including phenoxy) is 2. The van der Waals surface area contributed by atoms with Crippen LogP contribution in [0.1, 0.15) is 55.2 Å². The molecule has 130 valence electrons. The van der Waals surface area contributed by atoms with Gasteiger partial charge in [-0.05, 0) is 33.1 Å². The Kier molecular flexibility index (Phi) is 5.58. The van der Waals surface area contributed by atoms with E-state index in [0.717, 1.165) is 25.1 Å². The molecule has 24 heavy (non-hydrogen) atoms. The van der Waals surface area contributed by atoms with Crippen LogP contribution < -0.4 is 5.32 Å². The lowest BCUT2D eigenvalue weighted by Gasteiger charge is -2.31. The van der Waals surface area contributed by atoms with Crippen molar-refractivity contribution in [3.63, 3.8) is 0 Å². The maximum atomic E-state index is 12.4. The number of hydrogen-bond donors (Lipinski definition) is 1. The molecule has 1 saturated heterocycles. The minimum Gasteiger partial charge on any atom is -0.379 e. The first-order valence-electron chi connectivity index (χ1n) is 8.59. The third-order valence-corrected chi connectivity index (χ3v) is 4.29. The molecule has 1 N–H and O–H groups in total. The van der Waals surface area contributed by atoms with Gasteiger partial charge in [0.1, 0.15) is 5.82 Å². The van der Waals surface area contributed by atoms with Crippen molar-refractivity contribution >= 4 is 5.91 Å². The summed E-state index contributed by atoms with van der Waals surface area (Å²) in [6.07, 6.45) is 8.30. The molecule has 2 aliphatic rings. The Hall–Kier alpha value is -1.79. The lowest BCUT2D eigenvalue weighted by atomic mass is 10.1. The van der Waals surface area contributed by atoms with Crippen LogP contribution in [-0.4, -0.2) is 47.8 Å². The fourth-order valence-corrected chi connectivity index (χ4v) is 2.65. The van der Waals surface area contributed by atoms with E-state index >= 15 is 0 Å². The van der Waals surface area contributed by atoms with Gasteiger partial charge in [0.05, 0.1) is 30.9 Å². The summed E-state index contributed by atoms with van der Waals surface area (Å²) in [7, 11) is 0. The Morgan fingerprint density at radius 3 is 2.75 bits per heavy atom. The van der Waals surface area contributed by atoms with Gasteiger partial charge < -0.3 is 14.8 Å². The van der Waals surface area contributed by atoms with E-state index in [0.29, 0.717) is 31.3 Å². The van der Waals surface area contributed by atoms with Gasteiger partial charge >= 0.3 is 0 Å². The van der Waals surface area contributed by atoms with Crippen LogP contribution in [0, 0.1) is 0 Å². The molecule has 1 aromatic rings. The summed E-state index contributed by atoms with van der Waals surface area (Å²) in [6, 6.07) is -0.153.